The molecule has 0 aliphatic carbocycles. The van der Waals surface area contributed by atoms with Gasteiger partial charge in [0.15, 0.2) is 0 Å². The van der Waals surface area contributed by atoms with Gasteiger partial charge in [-0.15, -0.1) is 6.58 Å². The summed E-state index contributed by atoms with van der Waals surface area (Å²) in [6.07, 6.45) is 5.10. The summed E-state index contributed by atoms with van der Waals surface area (Å²) in [6.45, 7) is 16.5. The number of hydrogen-bond donors (Lipinski definition) is 0. The van der Waals surface area contributed by atoms with Crippen molar-refractivity contribution >= 4 is 5.78 Å². The van der Waals surface area contributed by atoms with Crippen LogP contribution >= 0.6 is 0 Å². The van der Waals surface area contributed by atoms with E-state index >= 15 is 0 Å². The second kappa shape index (κ2) is 10.4. The molecule has 1 aromatic rings. The highest BCUT2D eigenvalue weighted by atomic mass is 16.1. The van der Waals surface area contributed by atoms with Gasteiger partial charge in [-0.05, 0) is 36.7 Å². The quantitative estimate of drug-likeness (QED) is 0.532. The number of benzene rings is 1. The van der Waals surface area contributed by atoms with Crippen LogP contribution in [0.15, 0.2) is 43.0 Å². The molecule has 1 heteroatoms. The van der Waals surface area contributed by atoms with Crippen molar-refractivity contribution in [3.63, 3.8) is 0 Å². The van der Waals surface area contributed by atoms with Crippen LogP contribution in [0, 0.1) is 11.3 Å². The maximum atomic E-state index is 12.0. The highest BCUT2D eigenvalue weighted by Crippen LogP contribution is 2.39. The van der Waals surface area contributed by atoms with Crippen LogP contribution in [0.2, 0.25) is 0 Å². The van der Waals surface area contributed by atoms with E-state index in [0.29, 0.717) is 5.92 Å². The SMILES string of the molecule is C=CCC(C)C(C)(C)C[C@H](C(C)=O)c1ccccc1.CCC. The molecule has 0 fully saturated rings. The molecule has 1 nitrogen and oxygen atoms in total. The van der Waals surface area contributed by atoms with Gasteiger partial charge in [-0.3, -0.25) is 4.79 Å². The smallest absolute Gasteiger partial charge is 0.137 e. The Morgan fingerprint density at radius 1 is 1.23 bits per heavy atom. The number of Topliss-reactive ketones (excluding diaryl/α,β-unsaturated/α-hetero) is 1. The molecule has 22 heavy (non-hydrogen) atoms. The molecular formula is C21H34O. The van der Waals surface area contributed by atoms with E-state index in [1.807, 2.05) is 24.3 Å². The number of allylic oxidation sites excluding steroid dienone is 1. The van der Waals surface area contributed by atoms with Gasteiger partial charge in [-0.1, -0.05) is 77.4 Å². The maximum absolute atomic E-state index is 12.0. The molecule has 1 rings (SSSR count). The van der Waals surface area contributed by atoms with E-state index in [1.165, 1.54) is 6.42 Å². The largest absolute Gasteiger partial charge is 0.299 e. The van der Waals surface area contributed by atoms with Crippen LogP contribution in [-0.2, 0) is 4.79 Å². The van der Waals surface area contributed by atoms with Crippen molar-refractivity contribution in [3.05, 3.63) is 48.6 Å². The molecule has 0 amide bonds. The third-order valence-electron chi connectivity index (χ3n) is 4.28. The predicted molar refractivity (Wildman–Crippen MR) is 98.2 cm³/mol. The van der Waals surface area contributed by atoms with Gasteiger partial charge in [0.05, 0.1) is 0 Å². The van der Waals surface area contributed by atoms with Crippen LogP contribution in [-0.4, -0.2) is 5.78 Å². The van der Waals surface area contributed by atoms with Crippen LogP contribution < -0.4 is 0 Å². The van der Waals surface area contributed by atoms with Crippen molar-refractivity contribution in [1.29, 1.82) is 0 Å². The minimum Gasteiger partial charge on any atom is -0.299 e. The fourth-order valence-corrected chi connectivity index (χ4v) is 2.48. The summed E-state index contributed by atoms with van der Waals surface area (Å²) in [6, 6.07) is 10.1. The first-order chi connectivity index (χ1) is 10.3. The second-order valence-corrected chi connectivity index (χ2v) is 6.90. The van der Waals surface area contributed by atoms with Crippen molar-refractivity contribution in [1.82, 2.24) is 0 Å². The molecule has 1 unspecified atom stereocenters. The first-order valence-corrected chi connectivity index (χ1v) is 8.46. The lowest BCUT2D eigenvalue weighted by atomic mass is 9.70. The molecule has 0 N–H and O–H groups in total. The Bertz CT molecular complexity index is 430. The van der Waals surface area contributed by atoms with Gasteiger partial charge < -0.3 is 0 Å². The van der Waals surface area contributed by atoms with Crippen LogP contribution in [0.25, 0.3) is 0 Å². The Balaban J connectivity index is 0.00000135. The zero-order chi connectivity index (χ0) is 17.2. The van der Waals surface area contributed by atoms with Crippen molar-refractivity contribution in [3.8, 4) is 0 Å². The Hall–Kier alpha value is -1.37. The first-order valence-electron chi connectivity index (χ1n) is 8.46. The average Bonchev–Trinajstić information content (AvgIpc) is 2.46. The summed E-state index contributed by atoms with van der Waals surface area (Å²) in [5.41, 5.74) is 1.26. The van der Waals surface area contributed by atoms with Crippen molar-refractivity contribution in [2.75, 3.05) is 0 Å². The zero-order valence-corrected chi connectivity index (χ0v) is 15.4. The molecule has 1 aromatic carbocycles. The zero-order valence-electron chi connectivity index (χ0n) is 15.4. The highest BCUT2D eigenvalue weighted by molar-refractivity contribution is 5.83. The summed E-state index contributed by atoms with van der Waals surface area (Å²) in [7, 11) is 0. The Labute approximate surface area is 137 Å². The molecule has 0 spiro atoms. The van der Waals surface area contributed by atoms with E-state index in [4.69, 9.17) is 0 Å². The number of carbonyl (C=O) groups excluding carboxylic acids is 1. The van der Waals surface area contributed by atoms with Crippen molar-refractivity contribution in [2.24, 2.45) is 11.3 Å². The van der Waals surface area contributed by atoms with Crippen LogP contribution in [0.1, 0.15) is 72.3 Å². The summed E-state index contributed by atoms with van der Waals surface area (Å²) in [5.74, 6) is 0.782. The maximum Gasteiger partial charge on any atom is 0.137 e. The first kappa shape index (κ1) is 20.6. The van der Waals surface area contributed by atoms with E-state index in [-0.39, 0.29) is 17.1 Å². The number of hydrogen-bond acceptors (Lipinski definition) is 1. The van der Waals surface area contributed by atoms with Gasteiger partial charge in [0.25, 0.3) is 0 Å². The van der Waals surface area contributed by atoms with E-state index < -0.39 is 0 Å². The molecule has 0 saturated heterocycles. The van der Waals surface area contributed by atoms with Crippen molar-refractivity contribution < 1.29 is 4.79 Å². The van der Waals surface area contributed by atoms with Gasteiger partial charge in [0.1, 0.15) is 5.78 Å². The molecule has 0 aliphatic rings. The van der Waals surface area contributed by atoms with Gasteiger partial charge in [0.2, 0.25) is 0 Å². The monoisotopic (exact) mass is 302 g/mol. The minimum atomic E-state index is 0.00321. The van der Waals surface area contributed by atoms with Crippen LogP contribution in [0.4, 0.5) is 0 Å². The number of rotatable bonds is 7. The van der Waals surface area contributed by atoms with Gasteiger partial charge in [0, 0.05) is 5.92 Å². The molecule has 124 valence electrons. The van der Waals surface area contributed by atoms with E-state index in [0.717, 1.165) is 18.4 Å². The summed E-state index contributed by atoms with van der Waals surface area (Å²) >= 11 is 0. The van der Waals surface area contributed by atoms with Crippen molar-refractivity contribution in [2.45, 2.75) is 66.7 Å². The Morgan fingerprint density at radius 3 is 2.14 bits per heavy atom. The normalized spacial score (nSPS) is 13.5. The second-order valence-electron chi connectivity index (χ2n) is 6.90. The summed E-state index contributed by atoms with van der Waals surface area (Å²) in [4.78, 5) is 12.0. The molecule has 0 radical (unpaired) electrons. The minimum absolute atomic E-state index is 0.00321. The summed E-state index contributed by atoms with van der Waals surface area (Å²) < 4.78 is 0. The number of ketones is 1. The molecule has 0 bridgehead atoms. The molecule has 0 aliphatic heterocycles. The number of carbonyl (C=O) groups is 1. The average molecular weight is 303 g/mol. The van der Waals surface area contributed by atoms with E-state index in [1.54, 1.807) is 6.92 Å². The lowest BCUT2D eigenvalue weighted by molar-refractivity contribution is -0.119. The van der Waals surface area contributed by atoms with E-state index in [9.17, 15) is 4.79 Å². The highest BCUT2D eigenvalue weighted by Gasteiger charge is 2.31. The van der Waals surface area contributed by atoms with E-state index in [2.05, 4.69) is 53.3 Å². The van der Waals surface area contributed by atoms with Gasteiger partial charge in [-0.25, -0.2) is 0 Å². The van der Waals surface area contributed by atoms with Crippen LogP contribution in [0.3, 0.4) is 0 Å². The Morgan fingerprint density at radius 2 is 1.73 bits per heavy atom. The third-order valence-corrected chi connectivity index (χ3v) is 4.28. The summed E-state index contributed by atoms with van der Waals surface area (Å²) in [5, 5.41) is 0. The lowest BCUT2D eigenvalue weighted by Gasteiger charge is -2.34. The molecule has 0 heterocycles. The molecular weight excluding hydrogens is 268 g/mol. The predicted octanol–water partition coefficient (Wildman–Crippen LogP) is 6.40. The molecule has 2 atom stereocenters. The van der Waals surface area contributed by atoms with Gasteiger partial charge in [-0.2, -0.15) is 0 Å². The van der Waals surface area contributed by atoms with Crippen LogP contribution in [0.5, 0.6) is 0 Å². The molecule has 0 saturated carbocycles. The topological polar surface area (TPSA) is 17.1 Å². The standard InChI is InChI=1S/C18H26O.C3H8/c1-6-10-14(2)18(4,5)13-17(15(3)19)16-11-8-7-9-12-16;1-3-2/h6-9,11-12,14,17H,1,10,13H2,2-5H3;3H2,1-2H3/t14?,17-;/m1./s1. The third kappa shape index (κ3) is 7.06. The molecule has 0 aromatic heterocycles. The van der Waals surface area contributed by atoms with Gasteiger partial charge >= 0.3 is 0 Å². The fourth-order valence-electron chi connectivity index (χ4n) is 2.48. The fraction of sp³-hybridized carbons (Fsp3) is 0.571. The lowest BCUT2D eigenvalue weighted by Crippen LogP contribution is -2.26. The Kier molecular flexibility index (Phi) is 9.73.